The molecule has 4 unspecified atom stereocenters. The monoisotopic (exact) mass is 264 g/mol. The van der Waals surface area contributed by atoms with Crippen LogP contribution in [0.3, 0.4) is 0 Å². The summed E-state index contributed by atoms with van der Waals surface area (Å²) in [5.74, 6) is 2.29. The van der Waals surface area contributed by atoms with Gasteiger partial charge in [-0.2, -0.15) is 0 Å². The first-order valence-electron chi connectivity index (χ1n) is 7.97. The Bertz CT molecular complexity index is 360. The highest BCUT2D eigenvalue weighted by atomic mass is 16.5. The first kappa shape index (κ1) is 13.6. The van der Waals surface area contributed by atoms with Gasteiger partial charge in [0.05, 0.1) is 25.9 Å². The minimum absolute atomic E-state index is 0.335. The van der Waals surface area contributed by atoms with Crippen LogP contribution in [-0.2, 0) is 9.47 Å². The first-order valence-corrected chi connectivity index (χ1v) is 7.97. The zero-order chi connectivity index (χ0) is 13.5. The Balaban J connectivity index is 1.70. The maximum Gasteiger partial charge on any atom is 0.0682 e. The Morgan fingerprint density at radius 1 is 1.32 bits per heavy atom. The van der Waals surface area contributed by atoms with Crippen molar-refractivity contribution >= 4 is 0 Å². The first-order chi connectivity index (χ1) is 9.08. The number of rotatable bonds is 2. The predicted octanol–water partition coefficient (Wildman–Crippen LogP) is 3.81. The van der Waals surface area contributed by atoms with Crippen molar-refractivity contribution in [3.63, 3.8) is 0 Å². The topological polar surface area (TPSA) is 18.5 Å². The van der Waals surface area contributed by atoms with Crippen molar-refractivity contribution in [3.8, 4) is 0 Å². The average molecular weight is 264 g/mol. The van der Waals surface area contributed by atoms with Crippen molar-refractivity contribution < 1.29 is 9.47 Å². The van der Waals surface area contributed by atoms with E-state index in [1.54, 1.807) is 0 Å². The maximum atomic E-state index is 6.19. The van der Waals surface area contributed by atoms with Crippen LogP contribution in [-0.4, -0.2) is 25.9 Å². The third kappa shape index (κ3) is 2.62. The molecule has 108 valence electrons. The van der Waals surface area contributed by atoms with E-state index in [0.29, 0.717) is 11.5 Å². The highest BCUT2D eigenvalue weighted by molar-refractivity contribution is 5.19. The zero-order valence-electron chi connectivity index (χ0n) is 12.7. The highest BCUT2D eigenvalue weighted by Gasteiger charge is 2.47. The second kappa shape index (κ2) is 5.21. The summed E-state index contributed by atoms with van der Waals surface area (Å²) < 4.78 is 11.9. The molecule has 0 N–H and O–H groups in total. The number of ether oxygens (including phenoxy) is 2. The summed E-state index contributed by atoms with van der Waals surface area (Å²) in [5, 5.41) is 0. The molecule has 2 fully saturated rings. The Morgan fingerprint density at radius 3 is 2.84 bits per heavy atom. The van der Waals surface area contributed by atoms with E-state index in [1.807, 2.05) is 0 Å². The lowest BCUT2D eigenvalue weighted by Crippen LogP contribution is -2.33. The van der Waals surface area contributed by atoms with Gasteiger partial charge in [-0.25, -0.2) is 0 Å². The van der Waals surface area contributed by atoms with Crippen LogP contribution in [0.25, 0.3) is 0 Å². The smallest absolute Gasteiger partial charge is 0.0682 e. The molecule has 1 saturated heterocycles. The van der Waals surface area contributed by atoms with Gasteiger partial charge in [-0.15, -0.1) is 0 Å². The van der Waals surface area contributed by atoms with Crippen molar-refractivity contribution in [3.05, 3.63) is 11.6 Å². The van der Waals surface area contributed by atoms with Gasteiger partial charge in [-0.1, -0.05) is 26.8 Å². The lowest BCUT2D eigenvalue weighted by Gasteiger charge is -2.34. The third-order valence-electron chi connectivity index (χ3n) is 5.65. The van der Waals surface area contributed by atoms with E-state index >= 15 is 0 Å². The van der Waals surface area contributed by atoms with Gasteiger partial charge in [0, 0.05) is 0 Å². The Labute approximate surface area is 117 Å². The van der Waals surface area contributed by atoms with Crippen LogP contribution in [0.1, 0.15) is 46.5 Å². The van der Waals surface area contributed by atoms with Crippen LogP contribution in [0.4, 0.5) is 0 Å². The molecule has 0 aromatic carbocycles. The summed E-state index contributed by atoms with van der Waals surface area (Å²) in [5.41, 5.74) is 1.87. The molecular weight excluding hydrogens is 236 g/mol. The Hall–Kier alpha value is -0.340. The molecule has 0 aromatic rings. The lowest BCUT2D eigenvalue weighted by atomic mass is 9.77. The van der Waals surface area contributed by atoms with Crippen LogP contribution < -0.4 is 0 Å². The molecule has 0 radical (unpaired) electrons. The van der Waals surface area contributed by atoms with Crippen LogP contribution in [0, 0.1) is 23.2 Å². The molecule has 3 aliphatic rings. The maximum absolute atomic E-state index is 6.19. The summed E-state index contributed by atoms with van der Waals surface area (Å²) in [6.45, 7) is 9.83. The van der Waals surface area contributed by atoms with Crippen LogP contribution in [0.15, 0.2) is 11.6 Å². The van der Waals surface area contributed by atoms with E-state index in [4.69, 9.17) is 9.47 Å². The fourth-order valence-electron chi connectivity index (χ4n) is 4.24. The lowest BCUT2D eigenvalue weighted by molar-refractivity contribution is -0.0530. The fourth-order valence-corrected chi connectivity index (χ4v) is 4.24. The van der Waals surface area contributed by atoms with Gasteiger partial charge in [-0.05, 0) is 54.4 Å². The van der Waals surface area contributed by atoms with Crippen molar-refractivity contribution in [2.45, 2.75) is 52.6 Å². The summed E-state index contributed by atoms with van der Waals surface area (Å²) in [6, 6.07) is 0. The molecule has 2 nitrogen and oxygen atoms in total. The highest BCUT2D eigenvalue weighted by Crippen LogP contribution is 2.52. The minimum atomic E-state index is 0.335. The van der Waals surface area contributed by atoms with Crippen LogP contribution >= 0.6 is 0 Å². The summed E-state index contributed by atoms with van der Waals surface area (Å²) >= 11 is 0. The van der Waals surface area contributed by atoms with E-state index in [2.05, 4.69) is 26.8 Å². The quantitative estimate of drug-likeness (QED) is 0.706. The standard InChI is InChI=1S/C17H28O2/c1-12(2)14-7-13-8-17(3,9-16(13)19-10-14)15-5-4-6-18-11-15/h5,12-14,16H,4,6-11H2,1-3H3. The van der Waals surface area contributed by atoms with Crippen molar-refractivity contribution in [2.24, 2.45) is 23.2 Å². The van der Waals surface area contributed by atoms with Gasteiger partial charge in [0.2, 0.25) is 0 Å². The number of fused-ring (bicyclic) bond motifs is 1. The minimum Gasteiger partial charge on any atom is -0.378 e. The van der Waals surface area contributed by atoms with Crippen molar-refractivity contribution in [1.82, 2.24) is 0 Å². The molecule has 2 heteroatoms. The summed E-state index contributed by atoms with van der Waals surface area (Å²) in [4.78, 5) is 0. The van der Waals surface area contributed by atoms with E-state index in [9.17, 15) is 0 Å². The molecule has 4 atom stereocenters. The van der Waals surface area contributed by atoms with Gasteiger partial charge in [-0.3, -0.25) is 0 Å². The van der Waals surface area contributed by atoms with Crippen molar-refractivity contribution in [2.75, 3.05) is 19.8 Å². The molecule has 2 aliphatic heterocycles. The summed E-state index contributed by atoms with van der Waals surface area (Å²) in [7, 11) is 0. The molecule has 0 spiro atoms. The van der Waals surface area contributed by atoms with Gasteiger partial charge in [0.15, 0.2) is 0 Å². The van der Waals surface area contributed by atoms with E-state index < -0.39 is 0 Å². The second-order valence-corrected chi connectivity index (χ2v) is 7.41. The van der Waals surface area contributed by atoms with E-state index in [1.165, 1.54) is 24.8 Å². The second-order valence-electron chi connectivity index (χ2n) is 7.41. The predicted molar refractivity (Wildman–Crippen MR) is 77.0 cm³/mol. The van der Waals surface area contributed by atoms with Crippen molar-refractivity contribution in [1.29, 1.82) is 0 Å². The Kier molecular flexibility index (Phi) is 3.74. The summed E-state index contributed by atoms with van der Waals surface area (Å²) in [6.07, 6.45) is 7.90. The molecule has 2 heterocycles. The molecule has 3 rings (SSSR count). The van der Waals surface area contributed by atoms with Gasteiger partial charge in [0.25, 0.3) is 0 Å². The van der Waals surface area contributed by atoms with Gasteiger partial charge < -0.3 is 9.47 Å². The zero-order valence-corrected chi connectivity index (χ0v) is 12.7. The molecule has 1 saturated carbocycles. The average Bonchev–Trinajstić information content (AvgIpc) is 2.76. The fraction of sp³-hybridized carbons (Fsp3) is 0.882. The van der Waals surface area contributed by atoms with Crippen LogP contribution in [0.5, 0.6) is 0 Å². The largest absolute Gasteiger partial charge is 0.378 e. The molecule has 19 heavy (non-hydrogen) atoms. The Morgan fingerprint density at radius 2 is 2.16 bits per heavy atom. The normalized spacial score (nSPS) is 43.2. The van der Waals surface area contributed by atoms with E-state index in [0.717, 1.165) is 44.0 Å². The van der Waals surface area contributed by atoms with Crippen LogP contribution in [0.2, 0.25) is 0 Å². The SMILES string of the molecule is CC(C)C1COC2CC(C)(C3=CCCOC3)CC2C1. The molecule has 0 amide bonds. The van der Waals surface area contributed by atoms with E-state index in [-0.39, 0.29) is 0 Å². The molecule has 0 bridgehead atoms. The number of hydrogen-bond acceptors (Lipinski definition) is 2. The van der Waals surface area contributed by atoms with Gasteiger partial charge >= 0.3 is 0 Å². The number of hydrogen-bond donors (Lipinski definition) is 0. The third-order valence-corrected chi connectivity index (χ3v) is 5.65. The molecular formula is C17H28O2. The van der Waals surface area contributed by atoms with Gasteiger partial charge in [0.1, 0.15) is 0 Å². The molecule has 1 aliphatic carbocycles. The molecule has 0 aromatic heterocycles.